The van der Waals surface area contributed by atoms with Gasteiger partial charge in [-0.25, -0.2) is 4.68 Å². The monoisotopic (exact) mass is 442 g/mol. The van der Waals surface area contributed by atoms with Crippen LogP contribution in [0.2, 0.25) is 0 Å². The molecule has 0 aliphatic rings. The van der Waals surface area contributed by atoms with Crippen molar-refractivity contribution in [2.75, 3.05) is 0 Å². The Hall–Kier alpha value is -3.65. The number of aryl methyl sites for hydroxylation is 1. The Balaban J connectivity index is 1.57. The lowest BCUT2D eigenvalue weighted by molar-refractivity contribution is 0.783. The van der Waals surface area contributed by atoms with Crippen molar-refractivity contribution >= 4 is 28.4 Å². The number of fused-ring (bicyclic) bond motifs is 3. The van der Waals surface area contributed by atoms with Crippen molar-refractivity contribution in [1.29, 1.82) is 0 Å². The molecule has 0 N–H and O–H groups in total. The third-order valence-electron chi connectivity index (χ3n) is 5.58. The SMILES string of the molecule is C=CCn1c(=O)c2ccccc2n2c(SCc3c(C)nn(-c4ccccc4)c3C)nnc12. The summed E-state index contributed by atoms with van der Waals surface area (Å²) in [6.45, 7) is 8.27. The molecule has 0 bridgehead atoms. The second-order valence-electron chi connectivity index (χ2n) is 7.52. The fraction of sp³-hybridized carbons (Fsp3) is 0.167. The zero-order valence-electron chi connectivity index (χ0n) is 17.9. The molecule has 0 radical (unpaired) electrons. The normalized spacial score (nSPS) is 11.4. The summed E-state index contributed by atoms with van der Waals surface area (Å²) in [7, 11) is 0. The highest BCUT2D eigenvalue weighted by molar-refractivity contribution is 7.98. The van der Waals surface area contributed by atoms with Crippen LogP contribution >= 0.6 is 11.8 Å². The Kier molecular flexibility index (Phi) is 5.14. The fourth-order valence-corrected chi connectivity index (χ4v) is 5.06. The Morgan fingerprint density at radius 1 is 1.03 bits per heavy atom. The van der Waals surface area contributed by atoms with E-state index < -0.39 is 0 Å². The summed E-state index contributed by atoms with van der Waals surface area (Å²) in [5, 5.41) is 14.9. The second-order valence-corrected chi connectivity index (χ2v) is 8.47. The van der Waals surface area contributed by atoms with E-state index in [2.05, 4.69) is 23.7 Å². The zero-order valence-corrected chi connectivity index (χ0v) is 18.7. The Morgan fingerprint density at radius 2 is 1.78 bits per heavy atom. The molecule has 3 heterocycles. The number of benzene rings is 2. The second kappa shape index (κ2) is 8.12. The van der Waals surface area contributed by atoms with Gasteiger partial charge in [-0.05, 0) is 38.1 Å². The Labute approximate surface area is 189 Å². The maximum absolute atomic E-state index is 13.0. The molecule has 3 aromatic heterocycles. The highest BCUT2D eigenvalue weighted by atomic mass is 32.2. The van der Waals surface area contributed by atoms with Crippen LogP contribution in [-0.2, 0) is 12.3 Å². The van der Waals surface area contributed by atoms with Crippen molar-refractivity contribution in [2.45, 2.75) is 31.3 Å². The van der Waals surface area contributed by atoms with Gasteiger partial charge in [0.05, 0.1) is 22.3 Å². The third-order valence-corrected chi connectivity index (χ3v) is 6.53. The molecule has 0 amide bonds. The first kappa shape index (κ1) is 20.3. The van der Waals surface area contributed by atoms with Crippen LogP contribution in [-0.4, -0.2) is 28.9 Å². The predicted octanol–water partition coefficient (Wildman–Crippen LogP) is 4.33. The lowest BCUT2D eigenvalue weighted by atomic mass is 10.2. The molecule has 5 rings (SSSR count). The van der Waals surface area contributed by atoms with Crippen molar-refractivity contribution in [3.8, 4) is 5.69 Å². The van der Waals surface area contributed by atoms with Gasteiger partial charge in [0.15, 0.2) is 5.16 Å². The van der Waals surface area contributed by atoms with Gasteiger partial charge in [0.1, 0.15) is 0 Å². The van der Waals surface area contributed by atoms with E-state index in [0.717, 1.165) is 27.7 Å². The number of hydrogen-bond donors (Lipinski definition) is 0. The number of hydrogen-bond acceptors (Lipinski definition) is 5. The molecule has 0 unspecified atom stereocenters. The number of thioether (sulfide) groups is 1. The van der Waals surface area contributed by atoms with Crippen LogP contribution in [0.25, 0.3) is 22.4 Å². The van der Waals surface area contributed by atoms with Crippen molar-refractivity contribution in [1.82, 2.24) is 28.9 Å². The first-order chi connectivity index (χ1) is 15.6. The van der Waals surface area contributed by atoms with Crippen LogP contribution < -0.4 is 5.56 Å². The smallest absolute Gasteiger partial charge is 0.263 e. The van der Waals surface area contributed by atoms with Crippen molar-refractivity contribution in [2.24, 2.45) is 0 Å². The van der Waals surface area contributed by atoms with Crippen molar-refractivity contribution in [3.05, 3.63) is 94.6 Å². The standard InChI is InChI=1S/C24H22N6OS/c1-4-14-28-22(31)19-12-8-9-13-21(19)29-23(28)25-26-24(29)32-15-20-16(2)27-30(17(20)3)18-10-6-5-7-11-18/h4-13H,1,14-15H2,2-3H3. The molecule has 0 aliphatic carbocycles. The van der Waals surface area contributed by atoms with Crippen LogP contribution in [0.1, 0.15) is 17.0 Å². The van der Waals surface area contributed by atoms with Crippen LogP contribution in [0, 0.1) is 13.8 Å². The molecule has 5 aromatic rings. The fourth-order valence-electron chi connectivity index (χ4n) is 3.96. The summed E-state index contributed by atoms with van der Waals surface area (Å²) < 4.78 is 5.54. The highest BCUT2D eigenvalue weighted by Gasteiger charge is 2.18. The van der Waals surface area contributed by atoms with E-state index in [1.54, 1.807) is 22.4 Å². The molecule has 0 saturated heterocycles. The molecule has 0 aliphatic heterocycles. The summed E-state index contributed by atoms with van der Waals surface area (Å²) in [5.41, 5.74) is 5.00. The number of para-hydroxylation sites is 2. The van der Waals surface area contributed by atoms with Crippen LogP contribution in [0.15, 0.2) is 77.2 Å². The minimum Gasteiger partial charge on any atom is -0.272 e. The Morgan fingerprint density at radius 3 is 2.56 bits per heavy atom. The third kappa shape index (κ3) is 3.23. The van der Waals surface area contributed by atoms with Gasteiger partial charge in [0.2, 0.25) is 5.78 Å². The van der Waals surface area contributed by atoms with E-state index in [9.17, 15) is 4.79 Å². The first-order valence-corrected chi connectivity index (χ1v) is 11.3. The van der Waals surface area contributed by atoms with Gasteiger partial charge in [-0.1, -0.05) is 48.2 Å². The average Bonchev–Trinajstić information content (AvgIpc) is 3.36. The minimum absolute atomic E-state index is 0.0900. The summed E-state index contributed by atoms with van der Waals surface area (Å²) in [6.07, 6.45) is 1.70. The molecule has 32 heavy (non-hydrogen) atoms. The topological polar surface area (TPSA) is 70.0 Å². The molecule has 2 aromatic carbocycles. The highest BCUT2D eigenvalue weighted by Crippen LogP contribution is 2.28. The minimum atomic E-state index is -0.0900. The zero-order chi connectivity index (χ0) is 22.2. The molecule has 0 atom stereocenters. The number of rotatable bonds is 6. The van der Waals surface area contributed by atoms with Gasteiger partial charge in [-0.2, -0.15) is 5.10 Å². The molecule has 0 saturated carbocycles. The van der Waals surface area contributed by atoms with Crippen molar-refractivity contribution in [3.63, 3.8) is 0 Å². The van der Waals surface area contributed by atoms with E-state index in [0.29, 0.717) is 23.5 Å². The van der Waals surface area contributed by atoms with Crippen molar-refractivity contribution < 1.29 is 0 Å². The van der Waals surface area contributed by atoms with Crippen LogP contribution in [0.5, 0.6) is 0 Å². The van der Waals surface area contributed by atoms with Crippen LogP contribution in [0.3, 0.4) is 0 Å². The lowest BCUT2D eigenvalue weighted by Gasteiger charge is -2.09. The van der Waals surface area contributed by atoms with Gasteiger partial charge in [0, 0.05) is 23.6 Å². The first-order valence-electron chi connectivity index (χ1n) is 10.3. The predicted molar refractivity (Wildman–Crippen MR) is 128 cm³/mol. The van der Waals surface area contributed by atoms with E-state index in [-0.39, 0.29) is 5.56 Å². The molecular weight excluding hydrogens is 420 g/mol. The summed E-state index contributed by atoms with van der Waals surface area (Å²) in [4.78, 5) is 13.0. The van der Waals surface area contributed by atoms with Gasteiger partial charge >= 0.3 is 0 Å². The maximum Gasteiger partial charge on any atom is 0.263 e. The van der Waals surface area contributed by atoms with E-state index in [4.69, 9.17) is 5.10 Å². The molecule has 0 fully saturated rings. The van der Waals surface area contributed by atoms with Gasteiger partial charge < -0.3 is 0 Å². The summed E-state index contributed by atoms with van der Waals surface area (Å²) >= 11 is 1.59. The number of nitrogens with zero attached hydrogens (tertiary/aromatic N) is 6. The Bertz CT molecular complexity index is 1510. The molecule has 160 valence electrons. The summed E-state index contributed by atoms with van der Waals surface area (Å²) in [5.74, 6) is 1.21. The molecule has 7 nitrogen and oxygen atoms in total. The molecular formula is C24H22N6OS. The number of allylic oxidation sites excluding steroid dienone is 1. The summed E-state index contributed by atoms with van der Waals surface area (Å²) in [6, 6.07) is 17.7. The van der Waals surface area contributed by atoms with Crippen LogP contribution in [0.4, 0.5) is 0 Å². The number of aromatic nitrogens is 6. The quantitative estimate of drug-likeness (QED) is 0.289. The average molecular weight is 443 g/mol. The van der Waals surface area contributed by atoms with E-state index >= 15 is 0 Å². The van der Waals surface area contributed by atoms with E-state index in [1.807, 2.05) is 70.6 Å². The largest absolute Gasteiger partial charge is 0.272 e. The molecule has 0 spiro atoms. The molecule has 8 heteroatoms. The maximum atomic E-state index is 13.0. The lowest BCUT2D eigenvalue weighted by Crippen LogP contribution is -2.22. The van der Waals surface area contributed by atoms with Gasteiger partial charge in [-0.3, -0.25) is 13.8 Å². The van der Waals surface area contributed by atoms with Gasteiger partial charge in [0.25, 0.3) is 5.56 Å². The van der Waals surface area contributed by atoms with E-state index in [1.165, 1.54) is 5.56 Å². The van der Waals surface area contributed by atoms with Gasteiger partial charge in [-0.15, -0.1) is 16.8 Å².